The van der Waals surface area contributed by atoms with Crippen LogP contribution in [-0.4, -0.2) is 54.3 Å². The van der Waals surface area contributed by atoms with Crippen LogP contribution >= 0.6 is 0 Å². The predicted octanol–water partition coefficient (Wildman–Crippen LogP) is 3.10. The van der Waals surface area contributed by atoms with Crippen molar-refractivity contribution >= 4 is 23.5 Å². The van der Waals surface area contributed by atoms with Gasteiger partial charge in [0.25, 0.3) is 0 Å². The molecule has 1 fully saturated rings. The van der Waals surface area contributed by atoms with Crippen LogP contribution in [0.3, 0.4) is 0 Å². The van der Waals surface area contributed by atoms with Crippen molar-refractivity contribution in [2.24, 2.45) is 5.92 Å². The van der Waals surface area contributed by atoms with Crippen LogP contribution < -0.4 is 10.6 Å². The number of anilines is 1. The zero-order valence-electron chi connectivity index (χ0n) is 17.9. The molecule has 0 aromatic heterocycles. The van der Waals surface area contributed by atoms with Gasteiger partial charge in [-0.2, -0.15) is 0 Å². The fourth-order valence-corrected chi connectivity index (χ4v) is 3.66. The van der Waals surface area contributed by atoms with Gasteiger partial charge in [0.1, 0.15) is 0 Å². The monoisotopic (exact) mass is 422 g/mol. The summed E-state index contributed by atoms with van der Waals surface area (Å²) < 4.78 is 0. The van der Waals surface area contributed by atoms with E-state index in [1.807, 2.05) is 60.7 Å². The molecule has 0 aliphatic carbocycles. The maximum absolute atomic E-state index is 12.5. The van der Waals surface area contributed by atoms with E-state index in [2.05, 4.69) is 10.6 Å². The maximum atomic E-state index is 12.5. The number of rotatable bonds is 7. The smallest absolute Gasteiger partial charge is 0.317 e. The molecule has 4 amide bonds. The number of carbonyl (C=O) groups excluding carboxylic acids is 3. The Morgan fingerprint density at radius 1 is 0.968 bits per heavy atom. The minimum atomic E-state index is -0.201. The first-order chi connectivity index (χ1) is 15.0. The van der Waals surface area contributed by atoms with Gasteiger partial charge in [-0.15, -0.1) is 0 Å². The second-order valence-electron chi connectivity index (χ2n) is 7.83. The normalized spacial score (nSPS) is 14.0. The summed E-state index contributed by atoms with van der Waals surface area (Å²) in [4.78, 5) is 40.5. The van der Waals surface area contributed by atoms with E-state index in [0.717, 1.165) is 11.3 Å². The molecule has 0 unspecified atom stereocenters. The summed E-state index contributed by atoms with van der Waals surface area (Å²) in [6.45, 7) is 1.94. The Bertz CT molecular complexity index is 865. The minimum Gasteiger partial charge on any atom is -0.343 e. The number of likely N-dealkylation sites (tertiary alicyclic amines) is 1. The zero-order chi connectivity index (χ0) is 22.1. The SMILES string of the molecule is CN(Cc1ccccc1)C(=O)NCCC(=O)N1CCC(C(=O)Nc2ccccc2)CC1. The first-order valence-electron chi connectivity index (χ1n) is 10.7. The van der Waals surface area contributed by atoms with Gasteiger partial charge in [0.05, 0.1) is 0 Å². The van der Waals surface area contributed by atoms with Crippen LogP contribution in [0.5, 0.6) is 0 Å². The highest BCUT2D eigenvalue weighted by Gasteiger charge is 2.27. The van der Waals surface area contributed by atoms with Crippen LogP contribution in [0.15, 0.2) is 60.7 Å². The highest BCUT2D eigenvalue weighted by atomic mass is 16.2. The van der Waals surface area contributed by atoms with Crippen LogP contribution in [0.2, 0.25) is 0 Å². The standard InChI is InChI=1S/C24H30N4O3/c1-27(18-19-8-4-2-5-9-19)24(31)25-15-12-22(29)28-16-13-20(14-17-28)23(30)26-21-10-6-3-7-11-21/h2-11,20H,12-18H2,1H3,(H,25,31)(H,26,30). The second-order valence-corrected chi connectivity index (χ2v) is 7.83. The fraction of sp³-hybridized carbons (Fsp3) is 0.375. The number of nitrogens with zero attached hydrogens (tertiary/aromatic N) is 2. The van der Waals surface area contributed by atoms with Gasteiger partial charge in [0, 0.05) is 51.3 Å². The lowest BCUT2D eigenvalue weighted by Gasteiger charge is -2.31. The Hall–Kier alpha value is -3.35. The van der Waals surface area contributed by atoms with Gasteiger partial charge in [-0.1, -0.05) is 48.5 Å². The van der Waals surface area contributed by atoms with Gasteiger partial charge in [0.2, 0.25) is 11.8 Å². The molecule has 164 valence electrons. The lowest BCUT2D eigenvalue weighted by Crippen LogP contribution is -2.43. The number of para-hydroxylation sites is 1. The number of benzene rings is 2. The summed E-state index contributed by atoms with van der Waals surface area (Å²) in [5, 5.41) is 5.74. The molecule has 31 heavy (non-hydrogen) atoms. The maximum Gasteiger partial charge on any atom is 0.317 e. The van der Waals surface area contributed by atoms with Gasteiger partial charge in [0.15, 0.2) is 0 Å². The summed E-state index contributed by atoms with van der Waals surface area (Å²) in [7, 11) is 1.73. The fourth-order valence-electron chi connectivity index (χ4n) is 3.66. The average Bonchev–Trinajstić information content (AvgIpc) is 2.80. The van der Waals surface area contributed by atoms with E-state index in [0.29, 0.717) is 39.0 Å². The highest BCUT2D eigenvalue weighted by molar-refractivity contribution is 5.92. The zero-order valence-corrected chi connectivity index (χ0v) is 17.9. The van der Waals surface area contributed by atoms with E-state index >= 15 is 0 Å². The van der Waals surface area contributed by atoms with Gasteiger partial charge in [-0.3, -0.25) is 9.59 Å². The first-order valence-corrected chi connectivity index (χ1v) is 10.7. The molecule has 1 aliphatic heterocycles. The molecule has 1 aliphatic rings. The molecule has 0 atom stereocenters. The van der Waals surface area contributed by atoms with Crippen molar-refractivity contribution in [2.75, 3.05) is 32.0 Å². The van der Waals surface area contributed by atoms with Crippen molar-refractivity contribution in [3.8, 4) is 0 Å². The Morgan fingerprint density at radius 3 is 2.23 bits per heavy atom. The summed E-state index contributed by atoms with van der Waals surface area (Å²) in [5.41, 5.74) is 1.84. The van der Waals surface area contributed by atoms with E-state index in [4.69, 9.17) is 0 Å². The van der Waals surface area contributed by atoms with E-state index < -0.39 is 0 Å². The lowest BCUT2D eigenvalue weighted by atomic mass is 9.95. The summed E-state index contributed by atoms with van der Waals surface area (Å²) in [5.74, 6) is -0.0736. The number of amides is 4. The average molecular weight is 423 g/mol. The molecule has 0 radical (unpaired) electrons. The number of urea groups is 1. The quantitative estimate of drug-likeness (QED) is 0.719. The molecule has 0 spiro atoms. The van der Waals surface area contributed by atoms with E-state index in [1.54, 1.807) is 16.8 Å². The Kier molecular flexibility index (Phi) is 8.04. The third-order valence-electron chi connectivity index (χ3n) is 5.48. The van der Waals surface area contributed by atoms with Gasteiger partial charge < -0.3 is 20.4 Å². The van der Waals surface area contributed by atoms with Gasteiger partial charge in [-0.25, -0.2) is 4.79 Å². The Morgan fingerprint density at radius 2 is 1.58 bits per heavy atom. The number of hydrogen-bond donors (Lipinski definition) is 2. The van der Waals surface area contributed by atoms with Crippen molar-refractivity contribution in [1.29, 1.82) is 0 Å². The molecular formula is C24H30N4O3. The molecule has 2 aromatic rings. The van der Waals surface area contributed by atoms with Crippen LogP contribution in [0.1, 0.15) is 24.8 Å². The van der Waals surface area contributed by atoms with Crippen molar-refractivity contribution < 1.29 is 14.4 Å². The second kappa shape index (κ2) is 11.2. The third kappa shape index (κ3) is 6.84. The number of hydrogen-bond acceptors (Lipinski definition) is 3. The van der Waals surface area contributed by atoms with Crippen molar-refractivity contribution in [1.82, 2.24) is 15.1 Å². The molecule has 2 aromatic carbocycles. The summed E-state index contributed by atoms with van der Waals surface area (Å²) >= 11 is 0. The summed E-state index contributed by atoms with van der Waals surface area (Å²) in [6, 6.07) is 19.0. The van der Waals surface area contributed by atoms with E-state index in [1.165, 1.54) is 0 Å². The first kappa shape index (κ1) is 22.3. The predicted molar refractivity (Wildman–Crippen MR) is 120 cm³/mol. The molecule has 0 saturated carbocycles. The largest absolute Gasteiger partial charge is 0.343 e. The van der Waals surface area contributed by atoms with Gasteiger partial charge >= 0.3 is 6.03 Å². The Balaban J connectivity index is 1.34. The summed E-state index contributed by atoms with van der Waals surface area (Å²) in [6.07, 6.45) is 1.55. The van der Waals surface area contributed by atoms with E-state index in [9.17, 15) is 14.4 Å². The molecule has 0 bridgehead atoms. The van der Waals surface area contributed by atoms with Gasteiger partial charge in [-0.05, 0) is 30.5 Å². The van der Waals surface area contributed by atoms with Crippen molar-refractivity contribution in [3.05, 3.63) is 66.2 Å². The van der Waals surface area contributed by atoms with Crippen molar-refractivity contribution in [3.63, 3.8) is 0 Å². The highest BCUT2D eigenvalue weighted by Crippen LogP contribution is 2.20. The van der Waals surface area contributed by atoms with Crippen LogP contribution in [0, 0.1) is 5.92 Å². The topological polar surface area (TPSA) is 81.8 Å². The Labute approximate surface area is 183 Å². The third-order valence-corrected chi connectivity index (χ3v) is 5.48. The molecule has 1 heterocycles. The number of carbonyl (C=O) groups is 3. The molecule has 2 N–H and O–H groups in total. The van der Waals surface area contributed by atoms with Crippen LogP contribution in [-0.2, 0) is 16.1 Å². The number of nitrogens with one attached hydrogen (secondary N) is 2. The lowest BCUT2D eigenvalue weighted by molar-refractivity contribution is -0.134. The molecular weight excluding hydrogens is 392 g/mol. The van der Waals surface area contributed by atoms with Crippen LogP contribution in [0.4, 0.5) is 10.5 Å². The molecule has 1 saturated heterocycles. The van der Waals surface area contributed by atoms with Crippen molar-refractivity contribution in [2.45, 2.75) is 25.8 Å². The minimum absolute atomic E-state index is 0.00650. The number of piperidine rings is 1. The molecule has 7 nitrogen and oxygen atoms in total. The van der Waals surface area contributed by atoms with Crippen LogP contribution in [0.25, 0.3) is 0 Å². The molecule has 7 heteroatoms. The van der Waals surface area contributed by atoms with E-state index in [-0.39, 0.29) is 30.2 Å². The molecule has 3 rings (SSSR count).